The van der Waals surface area contributed by atoms with Crippen LogP contribution in [0.15, 0.2) is 57.2 Å². The highest BCUT2D eigenvalue weighted by Gasteiger charge is 2.14. The smallest absolute Gasteiger partial charge is 0.257 e. The summed E-state index contributed by atoms with van der Waals surface area (Å²) in [5, 5.41) is 22.3. The summed E-state index contributed by atoms with van der Waals surface area (Å²) in [5.74, 6) is 0.764. The van der Waals surface area contributed by atoms with E-state index in [1.165, 1.54) is 44.3 Å². The van der Waals surface area contributed by atoms with Gasteiger partial charge in [0.15, 0.2) is 8.68 Å². The lowest BCUT2D eigenvalue weighted by molar-refractivity contribution is 0.101. The second-order valence-electron chi connectivity index (χ2n) is 6.28. The molecular formula is C20H16N6O4S4. The maximum absolute atomic E-state index is 12.3. The number of aromatic nitrogens is 4. The fourth-order valence-corrected chi connectivity index (χ4v) is 6.32. The molecule has 2 heterocycles. The van der Waals surface area contributed by atoms with Crippen LogP contribution in [0, 0.1) is 0 Å². The minimum Gasteiger partial charge on any atom is -0.497 e. The lowest BCUT2D eigenvalue weighted by Gasteiger charge is -2.02. The van der Waals surface area contributed by atoms with Gasteiger partial charge in [0, 0.05) is 11.1 Å². The summed E-state index contributed by atoms with van der Waals surface area (Å²) >= 11 is 2.48. The van der Waals surface area contributed by atoms with Crippen LogP contribution < -0.4 is 20.1 Å². The Kier molecular flexibility index (Phi) is 7.95. The van der Waals surface area contributed by atoms with Crippen LogP contribution in [-0.4, -0.2) is 46.4 Å². The highest BCUT2D eigenvalue weighted by Crippen LogP contribution is 2.41. The molecule has 0 fully saturated rings. The first-order valence-corrected chi connectivity index (χ1v) is 13.2. The van der Waals surface area contributed by atoms with E-state index < -0.39 is 0 Å². The molecule has 10 nitrogen and oxygen atoms in total. The van der Waals surface area contributed by atoms with Crippen molar-refractivity contribution in [2.45, 2.75) is 8.68 Å². The number of nitrogens with one attached hydrogen (secondary N) is 2. The molecule has 2 N–H and O–H groups in total. The van der Waals surface area contributed by atoms with Crippen LogP contribution in [0.5, 0.6) is 11.5 Å². The van der Waals surface area contributed by atoms with Gasteiger partial charge in [0.1, 0.15) is 11.5 Å². The lowest BCUT2D eigenvalue weighted by Crippen LogP contribution is -2.11. The van der Waals surface area contributed by atoms with Gasteiger partial charge in [-0.1, -0.05) is 22.7 Å². The Balaban J connectivity index is 1.28. The second-order valence-corrected chi connectivity index (χ2v) is 10.9. The van der Waals surface area contributed by atoms with Gasteiger partial charge in [-0.3, -0.25) is 20.2 Å². The molecule has 0 spiro atoms. The van der Waals surface area contributed by atoms with E-state index in [0.717, 1.165) is 0 Å². The number of carbonyl (C=O) groups is 2. The van der Waals surface area contributed by atoms with Gasteiger partial charge in [0.2, 0.25) is 10.3 Å². The molecule has 2 aromatic heterocycles. The maximum atomic E-state index is 12.3. The minimum atomic E-state index is -0.288. The maximum Gasteiger partial charge on any atom is 0.257 e. The molecule has 2 aromatic carbocycles. The minimum absolute atomic E-state index is 0.288. The van der Waals surface area contributed by atoms with Crippen LogP contribution in [0.4, 0.5) is 10.3 Å². The Morgan fingerprint density at radius 2 is 1.06 bits per heavy atom. The highest BCUT2D eigenvalue weighted by molar-refractivity contribution is 8.77. The molecule has 0 aliphatic carbocycles. The van der Waals surface area contributed by atoms with Crippen molar-refractivity contribution in [1.29, 1.82) is 0 Å². The molecular weight excluding hydrogens is 517 g/mol. The molecule has 0 saturated heterocycles. The van der Waals surface area contributed by atoms with E-state index in [9.17, 15) is 9.59 Å². The number of amides is 2. The summed E-state index contributed by atoms with van der Waals surface area (Å²) in [6, 6.07) is 13.5. The molecule has 0 atom stereocenters. The number of nitrogens with zero attached hydrogens (tertiary/aromatic N) is 4. The van der Waals surface area contributed by atoms with Crippen molar-refractivity contribution in [2.75, 3.05) is 24.9 Å². The van der Waals surface area contributed by atoms with Gasteiger partial charge in [0.25, 0.3) is 11.8 Å². The molecule has 0 saturated carbocycles. The van der Waals surface area contributed by atoms with Crippen molar-refractivity contribution in [3.05, 3.63) is 59.7 Å². The Morgan fingerprint density at radius 3 is 1.41 bits per heavy atom. The van der Waals surface area contributed by atoms with E-state index in [2.05, 4.69) is 31.0 Å². The van der Waals surface area contributed by atoms with Crippen molar-refractivity contribution in [3.63, 3.8) is 0 Å². The van der Waals surface area contributed by atoms with E-state index in [-0.39, 0.29) is 11.8 Å². The normalized spacial score (nSPS) is 10.5. The number of hydrogen-bond donors (Lipinski definition) is 2. The summed E-state index contributed by atoms with van der Waals surface area (Å²) < 4.78 is 11.5. The summed E-state index contributed by atoms with van der Waals surface area (Å²) in [4.78, 5) is 24.7. The van der Waals surface area contributed by atoms with E-state index in [4.69, 9.17) is 9.47 Å². The fourth-order valence-electron chi connectivity index (χ4n) is 2.48. The van der Waals surface area contributed by atoms with Gasteiger partial charge in [-0.2, -0.15) is 0 Å². The SMILES string of the molecule is COc1ccc(C(=O)Nc2nnc(SSc3nnc(NC(=O)c4ccc(OC)cc4)s3)s2)cc1. The Hall–Kier alpha value is -3.20. The molecule has 4 rings (SSSR count). The van der Waals surface area contributed by atoms with Crippen molar-refractivity contribution in [2.24, 2.45) is 0 Å². The number of rotatable bonds is 9. The zero-order chi connectivity index (χ0) is 23.9. The standard InChI is InChI=1S/C20H16N6O4S4/c1-29-13-7-3-11(4-8-13)15(27)21-17-23-25-19(31-17)33-34-20-26-24-18(32-20)22-16(28)12-5-9-14(30-2)10-6-12/h3-10H,1-2H3,(H,21,23,27)(H,22,24,28). The van der Waals surface area contributed by atoms with Crippen LogP contribution in [0.3, 0.4) is 0 Å². The monoisotopic (exact) mass is 532 g/mol. The molecule has 2 amide bonds. The molecule has 34 heavy (non-hydrogen) atoms. The first-order valence-electron chi connectivity index (χ1n) is 9.46. The van der Waals surface area contributed by atoms with Crippen LogP contribution in [0.2, 0.25) is 0 Å². The van der Waals surface area contributed by atoms with Crippen molar-refractivity contribution < 1.29 is 19.1 Å². The summed E-state index contributed by atoms with van der Waals surface area (Å²) in [7, 11) is 5.79. The van der Waals surface area contributed by atoms with Crippen LogP contribution in [0.1, 0.15) is 20.7 Å². The van der Waals surface area contributed by atoms with E-state index in [1.807, 2.05) is 0 Å². The van der Waals surface area contributed by atoms with Gasteiger partial charge in [-0.15, -0.1) is 20.4 Å². The Labute approximate surface area is 209 Å². The largest absolute Gasteiger partial charge is 0.497 e. The average molecular weight is 533 g/mol. The predicted molar refractivity (Wildman–Crippen MR) is 133 cm³/mol. The Bertz CT molecular complexity index is 1180. The van der Waals surface area contributed by atoms with Gasteiger partial charge in [0.05, 0.1) is 14.2 Å². The van der Waals surface area contributed by atoms with Gasteiger partial charge >= 0.3 is 0 Å². The summed E-state index contributed by atoms with van der Waals surface area (Å²) in [5.41, 5.74) is 0.968. The molecule has 4 aromatic rings. The number of benzene rings is 2. The number of ether oxygens (including phenoxy) is 2. The van der Waals surface area contributed by atoms with Crippen molar-refractivity contribution in [3.8, 4) is 11.5 Å². The van der Waals surface area contributed by atoms with Crippen LogP contribution in [-0.2, 0) is 0 Å². The number of carbonyl (C=O) groups excluding carboxylic acids is 2. The number of anilines is 2. The number of hydrogen-bond acceptors (Lipinski definition) is 12. The topological polar surface area (TPSA) is 128 Å². The third-order valence-corrected chi connectivity index (χ3v) is 8.77. The van der Waals surface area contributed by atoms with Gasteiger partial charge < -0.3 is 9.47 Å². The molecule has 0 radical (unpaired) electrons. The second kappa shape index (κ2) is 11.3. The van der Waals surface area contributed by atoms with E-state index in [0.29, 0.717) is 41.6 Å². The lowest BCUT2D eigenvalue weighted by atomic mass is 10.2. The van der Waals surface area contributed by atoms with Gasteiger partial charge in [-0.25, -0.2) is 0 Å². The molecule has 0 bridgehead atoms. The van der Waals surface area contributed by atoms with Crippen molar-refractivity contribution in [1.82, 2.24) is 20.4 Å². The average Bonchev–Trinajstić information content (AvgIpc) is 3.52. The molecule has 0 unspecified atom stereocenters. The zero-order valence-corrected chi connectivity index (χ0v) is 20.9. The molecule has 0 aliphatic heterocycles. The van der Waals surface area contributed by atoms with E-state index in [1.54, 1.807) is 62.8 Å². The predicted octanol–water partition coefficient (Wildman–Crippen LogP) is 4.71. The Morgan fingerprint density at radius 1 is 0.676 bits per heavy atom. The van der Waals surface area contributed by atoms with Gasteiger partial charge in [-0.05, 0) is 70.1 Å². The van der Waals surface area contributed by atoms with E-state index >= 15 is 0 Å². The number of methoxy groups -OCH3 is 2. The van der Waals surface area contributed by atoms with Crippen LogP contribution in [0.25, 0.3) is 0 Å². The third kappa shape index (κ3) is 6.22. The fraction of sp³-hybridized carbons (Fsp3) is 0.100. The quantitative estimate of drug-likeness (QED) is 0.231. The first-order chi connectivity index (χ1) is 16.5. The summed E-state index contributed by atoms with van der Waals surface area (Å²) in [6.45, 7) is 0. The third-order valence-electron chi connectivity index (χ3n) is 4.14. The summed E-state index contributed by atoms with van der Waals surface area (Å²) in [6.07, 6.45) is 0. The molecule has 0 aliphatic rings. The van der Waals surface area contributed by atoms with Crippen LogP contribution >= 0.6 is 44.3 Å². The first kappa shape index (κ1) is 23.9. The highest BCUT2D eigenvalue weighted by atomic mass is 33.1. The molecule has 174 valence electrons. The molecule has 14 heteroatoms. The van der Waals surface area contributed by atoms with Crippen molar-refractivity contribution >= 4 is 66.3 Å². The zero-order valence-electron chi connectivity index (χ0n) is 17.7.